The Bertz CT molecular complexity index is 1230. The number of aromatic nitrogens is 2. The van der Waals surface area contributed by atoms with Crippen molar-refractivity contribution in [2.24, 2.45) is 11.3 Å². The van der Waals surface area contributed by atoms with Crippen molar-refractivity contribution in [3.05, 3.63) is 39.6 Å². The van der Waals surface area contributed by atoms with E-state index in [1.807, 2.05) is 4.90 Å². The zero-order valence-corrected chi connectivity index (χ0v) is 22.2. The molecule has 3 heterocycles. The zero-order valence-electron chi connectivity index (χ0n) is 20.7. The van der Waals surface area contributed by atoms with Gasteiger partial charge in [0.05, 0.1) is 34.5 Å². The number of nitrogens with zero attached hydrogens (tertiary/aromatic N) is 4. The molecule has 2 saturated heterocycles. The van der Waals surface area contributed by atoms with Gasteiger partial charge >= 0.3 is 6.18 Å². The minimum atomic E-state index is -4.83. The number of amides is 1. The van der Waals surface area contributed by atoms with Gasteiger partial charge < -0.3 is 14.9 Å². The first-order chi connectivity index (χ1) is 17.4. The number of rotatable bonds is 3. The fourth-order valence-electron chi connectivity index (χ4n) is 6.09. The first-order valence-electron chi connectivity index (χ1n) is 12.5. The van der Waals surface area contributed by atoms with Gasteiger partial charge in [0.1, 0.15) is 0 Å². The van der Waals surface area contributed by atoms with Gasteiger partial charge in [-0.15, -0.1) is 0 Å². The van der Waals surface area contributed by atoms with Crippen molar-refractivity contribution in [3.63, 3.8) is 0 Å². The molecule has 0 radical (unpaired) electrons. The highest BCUT2D eigenvalue weighted by Gasteiger charge is 2.62. The van der Waals surface area contributed by atoms with E-state index >= 15 is 0 Å². The third-order valence-corrected chi connectivity index (χ3v) is 9.42. The Balaban J connectivity index is 1.51. The van der Waals surface area contributed by atoms with E-state index < -0.39 is 30.8 Å². The van der Waals surface area contributed by atoms with Gasteiger partial charge in [-0.05, 0) is 43.6 Å². The van der Waals surface area contributed by atoms with E-state index in [0.29, 0.717) is 46.8 Å². The van der Waals surface area contributed by atoms with Crippen molar-refractivity contribution in [1.29, 1.82) is 0 Å². The molecule has 0 bridgehead atoms. The summed E-state index contributed by atoms with van der Waals surface area (Å²) >= 11 is 12.6. The van der Waals surface area contributed by atoms with Crippen LogP contribution in [0.5, 0.6) is 0 Å². The van der Waals surface area contributed by atoms with Crippen molar-refractivity contribution in [3.8, 4) is 11.3 Å². The predicted octanol–water partition coefficient (Wildman–Crippen LogP) is 5.91. The quantitative estimate of drug-likeness (QED) is 0.508. The highest BCUT2D eigenvalue weighted by molar-refractivity contribution is 6.43. The second kappa shape index (κ2) is 9.27. The maximum atomic E-state index is 13.5. The van der Waals surface area contributed by atoms with E-state index in [1.54, 1.807) is 25.1 Å². The van der Waals surface area contributed by atoms with E-state index in [9.17, 15) is 23.1 Å². The summed E-state index contributed by atoms with van der Waals surface area (Å²) in [5.41, 5.74) is -1.33. The molecule has 3 aliphatic rings. The summed E-state index contributed by atoms with van der Waals surface area (Å²) in [4.78, 5) is 25.9. The minimum absolute atomic E-state index is 0.0451. The Labute approximate surface area is 223 Å². The third kappa shape index (κ3) is 4.46. The number of carbonyl (C=O) groups excluding carboxylic acids is 1. The van der Waals surface area contributed by atoms with Gasteiger partial charge in [-0.1, -0.05) is 55.1 Å². The number of β-amino-alcohol motifs (C(OH)–C–C–N with tert-alkyl or cyclic N) is 1. The summed E-state index contributed by atoms with van der Waals surface area (Å²) in [5, 5.41) is 10.5. The van der Waals surface area contributed by atoms with Crippen molar-refractivity contribution in [2.45, 2.75) is 57.7 Å². The summed E-state index contributed by atoms with van der Waals surface area (Å²) < 4.78 is 39.7. The molecule has 3 fully saturated rings. The van der Waals surface area contributed by atoms with Crippen molar-refractivity contribution < 1.29 is 23.1 Å². The van der Waals surface area contributed by atoms with Crippen molar-refractivity contribution >= 4 is 34.9 Å². The number of likely N-dealkylation sites (tertiary alicyclic amines) is 1. The Morgan fingerprint density at radius 1 is 1.14 bits per heavy atom. The maximum absolute atomic E-state index is 13.5. The van der Waals surface area contributed by atoms with Crippen LogP contribution in [0.15, 0.2) is 18.2 Å². The molecule has 1 aromatic heterocycles. The standard InChI is InChI=1S/C26H29Cl2F3N4O2/c1-15-5-4-8-24(15)9-11-34(12-10-24)22-21(23(36)35-13-25(37,14-35)26(29,30)31)33-20(16(2)32-22)17-6-3-7-18(27)19(17)28/h3,6-7,15,37H,4-5,8-14H2,1-2H3/t15-/m1/s1. The number of carbonyl (C=O) groups is 1. The lowest BCUT2D eigenvalue weighted by Crippen LogP contribution is -2.70. The molecule has 1 aromatic carbocycles. The van der Waals surface area contributed by atoms with Crippen LogP contribution in [0.3, 0.4) is 0 Å². The van der Waals surface area contributed by atoms with Gasteiger partial charge in [0.2, 0.25) is 0 Å². The van der Waals surface area contributed by atoms with Crippen molar-refractivity contribution in [1.82, 2.24) is 14.9 Å². The third-order valence-electron chi connectivity index (χ3n) is 8.60. The smallest absolute Gasteiger partial charge is 0.378 e. The molecule has 1 atom stereocenters. The molecule has 1 spiro atoms. The molecule has 11 heteroatoms. The monoisotopic (exact) mass is 556 g/mol. The summed E-state index contributed by atoms with van der Waals surface area (Å²) in [6.07, 6.45) is 0.716. The average molecular weight is 557 g/mol. The number of anilines is 1. The van der Waals surface area contributed by atoms with Crippen LogP contribution >= 0.6 is 23.2 Å². The second-order valence-electron chi connectivity index (χ2n) is 10.8. The van der Waals surface area contributed by atoms with Crippen LogP contribution in [-0.2, 0) is 0 Å². The average Bonchev–Trinajstić information content (AvgIpc) is 3.17. The van der Waals surface area contributed by atoms with Crippen LogP contribution in [-0.4, -0.2) is 63.8 Å². The SMILES string of the molecule is Cc1nc(N2CCC3(CCC[C@H]3C)CC2)c(C(=O)N2CC(O)(C(F)(F)F)C2)nc1-c1cccc(Cl)c1Cl. The number of hydrogen-bond acceptors (Lipinski definition) is 5. The molecule has 2 aromatic rings. The molecule has 1 aliphatic carbocycles. The normalized spacial score (nSPS) is 22.9. The Hall–Kier alpha value is -2.10. The topological polar surface area (TPSA) is 69.6 Å². The molecular formula is C26H29Cl2F3N4O2. The van der Waals surface area contributed by atoms with Crippen LogP contribution in [0.4, 0.5) is 19.0 Å². The highest BCUT2D eigenvalue weighted by Crippen LogP contribution is 2.51. The molecule has 200 valence electrons. The van der Waals surface area contributed by atoms with Gasteiger partial charge in [0.25, 0.3) is 5.91 Å². The minimum Gasteiger partial charge on any atom is -0.378 e. The van der Waals surface area contributed by atoms with E-state index in [1.165, 1.54) is 19.3 Å². The zero-order chi connectivity index (χ0) is 26.8. The lowest BCUT2D eigenvalue weighted by atomic mass is 9.71. The van der Waals surface area contributed by atoms with Crippen molar-refractivity contribution in [2.75, 3.05) is 31.1 Å². The van der Waals surface area contributed by atoms with Gasteiger partial charge in [0, 0.05) is 18.7 Å². The lowest BCUT2D eigenvalue weighted by molar-refractivity contribution is -0.294. The predicted molar refractivity (Wildman–Crippen MR) is 136 cm³/mol. The summed E-state index contributed by atoms with van der Waals surface area (Å²) in [7, 11) is 0. The highest BCUT2D eigenvalue weighted by atomic mass is 35.5. The number of benzene rings is 1. The molecule has 1 amide bonds. The number of halogens is 5. The van der Waals surface area contributed by atoms with Crippen LogP contribution in [0.2, 0.25) is 10.0 Å². The molecule has 5 rings (SSSR count). The van der Waals surface area contributed by atoms with Crippen LogP contribution in [0.25, 0.3) is 11.3 Å². The molecule has 2 aliphatic heterocycles. The lowest BCUT2D eigenvalue weighted by Gasteiger charge is -2.47. The summed E-state index contributed by atoms with van der Waals surface area (Å²) in [6.45, 7) is 3.73. The largest absolute Gasteiger partial charge is 0.420 e. The molecule has 37 heavy (non-hydrogen) atoms. The fraction of sp³-hybridized carbons (Fsp3) is 0.577. The first-order valence-corrected chi connectivity index (χ1v) is 13.3. The number of aryl methyl sites for hydroxylation is 1. The van der Waals surface area contributed by atoms with E-state index in [-0.39, 0.29) is 16.1 Å². The number of piperidine rings is 1. The van der Waals surface area contributed by atoms with E-state index in [0.717, 1.165) is 17.7 Å². The molecule has 6 nitrogen and oxygen atoms in total. The maximum Gasteiger partial charge on any atom is 0.420 e. The molecule has 1 N–H and O–H groups in total. The van der Waals surface area contributed by atoms with E-state index in [2.05, 4.69) is 11.9 Å². The Morgan fingerprint density at radius 2 is 1.81 bits per heavy atom. The second-order valence-corrected chi connectivity index (χ2v) is 11.5. The number of hydrogen-bond donors (Lipinski definition) is 1. The van der Waals surface area contributed by atoms with Gasteiger partial charge in [-0.25, -0.2) is 9.97 Å². The molecule has 1 saturated carbocycles. The van der Waals surface area contributed by atoms with Crippen LogP contribution < -0.4 is 4.90 Å². The number of alkyl halides is 3. The Kier molecular flexibility index (Phi) is 6.64. The Morgan fingerprint density at radius 3 is 2.41 bits per heavy atom. The van der Waals surface area contributed by atoms with Gasteiger partial charge in [-0.3, -0.25) is 4.79 Å². The number of aliphatic hydroxyl groups is 1. The first kappa shape index (κ1) is 26.5. The van der Waals surface area contributed by atoms with Crippen LogP contribution in [0, 0.1) is 18.3 Å². The summed E-state index contributed by atoms with van der Waals surface area (Å²) in [6, 6.07) is 5.03. The molecular weight excluding hydrogens is 528 g/mol. The fourth-order valence-corrected chi connectivity index (χ4v) is 6.48. The molecule has 0 unspecified atom stereocenters. The van der Waals surface area contributed by atoms with E-state index in [4.69, 9.17) is 28.2 Å². The summed E-state index contributed by atoms with van der Waals surface area (Å²) in [5.74, 6) is 0.287. The van der Waals surface area contributed by atoms with Gasteiger partial charge in [0.15, 0.2) is 17.1 Å². The van der Waals surface area contributed by atoms with Gasteiger partial charge in [-0.2, -0.15) is 13.2 Å². The van der Waals surface area contributed by atoms with Crippen LogP contribution in [0.1, 0.15) is 55.2 Å².